The number of carbonyl (C=O) groups is 1. The number of carbonyl (C=O) groups excluding carboxylic acids is 1. The molecule has 1 unspecified atom stereocenters. The Morgan fingerprint density at radius 1 is 1.20 bits per heavy atom. The number of anilines is 1. The van der Waals surface area contributed by atoms with Crippen molar-refractivity contribution in [1.82, 2.24) is 15.1 Å². The van der Waals surface area contributed by atoms with Gasteiger partial charge in [0, 0.05) is 24.7 Å². The molecule has 1 aromatic heterocycles. The number of rotatable bonds is 6. The Morgan fingerprint density at radius 2 is 2.00 bits per heavy atom. The van der Waals surface area contributed by atoms with Crippen LogP contribution < -0.4 is 5.32 Å². The monoisotopic (exact) mass is 336 g/mol. The molecule has 5 nitrogen and oxygen atoms in total. The third kappa shape index (κ3) is 4.51. The van der Waals surface area contributed by atoms with Gasteiger partial charge >= 0.3 is 0 Å². The number of aryl methyl sites for hydroxylation is 1. The first kappa shape index (κ1) is 17.3. The highest BCUT2D eigenvalue weighted by Crippen LogP contribution is 2.18. The van der Waals surface area contributed by atoms with E-state index in [4.69, 9.17) is 0 Å². The van der Waals surface area contributed by atoms with E-state index in [-0.39, 0.29) is 5.91 Å². The second-order valence-electron chi connectivity index (χ2n) is 6.42. The van der Waals surface area contributed by atoms with Crippen LogP contribution in [0.5, 0.6) is 0 Å². The quantitative estimate of drug-likeness (QED) is 0.819. The number of hydrogen-bond donors (Lipinski definition) is 1. The molecule has 5 heteroatoms. The number of hydrogen-bond acceptors (Lipinski definition) is 4. The summed E-state index contributed by atoms with van der Waals surface area (Å²) in [5.74, 6) is 0.293. The van der Waals surface area contributed by atoms with E-state index < -0.39 is 0 Å². The van der Waals surface area contributed by atoms with E-state index in [1.54, 1.807) is 6.07 Å². The van der Waals surface area contributed by atoms with Crippen LogP contribution in [0.15, 0.2) is 48.6 Å². The summed E-state index contributed by atoms with van der Waals surface area (Å²) in [7, 11) is 0. The van der Waals surface area contributed by atoms with Crippen LogP contribution in [0.2, 0.25) is 0 Å². The first-order valence-electron chi connectivity index (χ1n) is 8.77. The van der Waals surface area contributed by atoms with E-state index in [0.29, 0.717) is 17.4 Å². The molecular formula is C20H24N4O. The van der Waals surface area contributed by atoms with E-state index in [9.17, 15) is 4.79 Å². The Bertz CT molecular complexity index is 737. The highest BCUT2D eigenvalue weighted by Gasteiger charge is 2.18. The van der Waals surface area contributed by atoms with E-state index in [1.165, 1.54) is 18.4 Å². The molecule has 2 heterocycles. The molecule has 0 bridgehead atoms. The van der Waals surface area contributed by atoms with Crippen LogP contribution in [-0.4, -0.2) is 33.6 Å². The van der Waals surface area contributed by atoms with Crippen molar-refractivity contribution < 1.29 is 4.79 Å². The van der Waals surface area contributed by atoms with Crippen LogP contribution in [0.25, 0.3) is 0 Å². The lowest BCUT2D eigenvalue weighted by atomic mass is 10.1. The normalized spacial score (nSPS) is 17.0. The van der Waals surface area contributed by atoms with Gasteiger partial charge in [-0.2, -0.15) is 5.10 Å². The zero-order valence-electron chi connectivity index (χ0n) is 14.8. The number of nitrogens with zero attached hydrogens (tertiary/aromatic N) is 3. The maximum atomic E-state index is 12.3. The molecule has 1 aliphatic heterocycles. The van der Waals surface area contributed by atoms with Crippen molar-refractivity contribution in [2.45, 2.75) is 39.3 Å². The molecule has 2 aromatic rings. The highest BCUT2D eigenvalue weighted by atomic mass is 16.1. The van der Waals surface area contributed by atoms with Gasteiger partial charge in [0.2, 0.25) is 0 Å². The third-order valence-electron chi connectivity index (χ3n) is 4.39. The van der Waals surface area contributed by atoms with Gasteiger partial charge in [0.25, 0.3) is 5.91 Å². The van der Waals surface area contributed by atoms with Gasteiger partial charge in [-0.25, -0.2) is 0 Å². The predicted octanol–water partition coefficient (Wildman–Crippen LogP) is 3.58. The van der Waals surface area contributed by atoms with Gasteiger partial charge in [0.15, 0.2) is 5.82 Å². The minimum atomic E-state index is -0.170. The second-order valence-corrected chi connectivity index (χ2v) is 6.42. The summed E-state index contributed by atoms with van der Waals surface area (Å²) in [6, 6.07) is 11.9. The van der Waals surface area contributed by atoms with Gasteiger partial charge in [0.05, 0.1) is 5.69 Å². The van der Waals surface area contributed by atoms with Crippen molar-refractivity contribution in [3.05, 3.63) is 65.4 Å². The van der Waals surface area contributed by atoms with Crippen LogP contribution in [0.1, 0.15) is 41.4 Å². The average molecular weight is 336 g/mol. The smallest absolute Gasteiger partial charge is 0.256 e. The lowest BCUT2D eigenvalue weighted by molar-refractivity contribution is 0.102. The summed E-state index contributed by atoms with van der Waals surface area (Å²) in [5, 5.41) is 10.7. The zero-order valence-corrected chi connectivity index (χ0v) is 14.8. The van der Waals surface area contributed by atoms with Crippen molar-refractivity contribution in [3.63, 3.8) is 0 Å². The molecule has 1 aliphatic rings. The zero-order chi connectivity index (χ0) is 17.6. The molecule has 0 fully saturated rings. The molecule has 25 heavy (non-hydrogen) atoms. The van der Waals surface area contributed by atoms with Gasteiger partial charge in [-0.3, -0.25) is 9.69 Å². The minimum Gasteiger partial charge on any atom is -0.305 e. The third-order valence-corrected chi connectivity index (χ3v) is 4.39. The summed E-state index contributed by atoms with van der Waals surface area (Å²) in [6.07, 6.45) is 6.92. The van der Waals surface area contributed by atoms with Crippen LogP contribution in [0.3, 0.4) is 0 Å². The number of aromatic nitrogens is 2. The topological polar surface area (TPSA) is 58.1 Å². The Kier molecular flexibility index (Phi) is 5.56. The summed E-state index contributed by atoms with van der Waals surface area (Å²) in [5.41, 5.74) is 2.66. The summed E-state index contributed by atoms with van der Waals surface area (Å²) in [4.78, 5) is 14.8. The van der Waals surface area contributed by atoms with Crippen LogP contribution in [0.4, 0.5) is 5.82 Å². The molecule has 130 valence electrons. The first-order valence-corrected chi connectivity index (χ1v) is 8.77. The minimum absolute atomic E-state index is 0.170. The average Bonchev–Trinajstić information content (AvgIpc) is 3.05. The molecule has 0 radical (unpaired) electrons. The molecule has 1 N–H and O–H groups in total. The molecule has 0 saturated heterocycles. The number of amides is 1. The second kappa shape index (κ2) is 8.03. The predicted molar refractivity (Wildman–Crippen MR) is 99.4 cm³/mol. The maximum absolute atomic E-state index is 12.3. The van der Waals surface area contributed by atoms with E-state index in [1.807, 2.05) is 37.3 Å². The Labute approximate surface area is 148 Å². The van der Waals surface area contributed by atoms with Crippen LogP contribution in [0, 0.1) is 6.92 Å². The van der Waals surface area contributed by atoms with E-state index >= 15 is 0 Å². The standard InChI is InChI=1S/C20H24N4O/c1-3-5-18-6-4-13-24(18)14-16-8-10-17(11-9-16)20(25)21-19-12-7-15(2)22-23-19/h4,6-12,18H,3,5,13-14H2,1-2H3,(H,21,23,25). The number of benzene rings is 1. The van der Waals surface area contributed by atoms with Gasteiger partial charge in [-0.05, 0) is 43.2 Å². The lowest BCUT2D eigenvalue weighted by Gasteiger charge is -2.24. The lowest BCUT2D eigenvalue weighted by Crippen LogP contribution is -2.29. The largest absolute Gasteiger partial charge is 0.305 e. The Hall–Kier alpha value is -2.53. The fourth-order valence-corrected chi connectivity index (χ4v) is 3.02. The first-order chi connectivity index (χ1) is 12.2. The molecule has 1 aromatic carbocycles. The molecule has 0 aliphatic carbocycles. The maximum Gasteiger partial charge on any atom is 0.256 e. The molecule has 1 amide bonds. The summed E-state index contributed by atoms with van der Waals surface area (Å²) >= 11 is 0. The van der Waals surface area contributed by atoms with E-state index in [0.717, 1.165) is 18.8 Å². The number of nitrogens with one attached hydrogen (secondary N) is 1. The molecule has 3 rings (SSSR count). The van der Waals surface area contributed by atoms with Gasteiger partial charge in [0.1, 0.15) is 0 Å². The van der Waals surface area contributed by atoms with Crippen molar-refractivity contribution >= 4 is 11.7 Å². The molecule has 0 saturated carbocycles. The van der Waals surface area contributed by atoms with Crippen molar-refractivity contribution in [3.8, 4) is 0 Å². The SMILES string of the molecule is CCCC1C=CCN1Cc1ccc(C(=O)Nc2ccc(C)nn2)cc1. The summed E-state index contributed by atoms with van der Waals surface area (Å²) < 4.78 is 0. The van der Waals surface area contributed by atoms with Gasteiger partial charge in [-0.15, -0.1) is 5.10 Å². The van der Waals surface area contributed by atoms with Crippen molar-refractivity contribution in [2.75, 3.05) is 11.9 Å². The van der Waals surface area contributed by atoms with Crippen molar-refractivity contribution in [1.29, 1.82) is 0 Å². The van der Waals surface area contributed by atoms with E-state index in [2.05, 4.69) is 39.5 Å². The highest BCUT2D eigenvalue weighted by molar-refractivity contribution is 6.03. The van der Waals surface area contributed by atoms with Crippen LogP contribution in [-0.2, 0) is 6.54 Å². The molecular weight excluding hydrogens is 312 g/mol. The molecule has 1 atom stereocenters. The Morgan fingerprint density at radius 3 is 2.68 bits per heavy atom. The van der Waals surface area contributed by atoms with Crippen molar-refractivity contribution in [2.24, 2.45) is 0 Å². The fourth-order valence-electron chi connectivity index (χ4n) is 3.02. The van der Waals surface area contributed by atoms with Crippen LogP contribution >= 0.6 is 0 Å². The van der Waals surface area contributed by atoms with Gasteiger partial charge in [-0.1, -0.05) is 37.6 Å². The summed E-state index contributed by atoms with van der Waals surface area (Å²) in [6.45, 7) is 5.98. The Balaban J connectivity index is 1.60. The molecule has 0 spiro atoms. The van der Waals surface area contributed by atoms with Gasteiger partial charge < -0.3 is 5.32 Å². The fraction of sp³-hybridized carbons (Fsp3) is 0.350.